The van der Waals surface area contributed by atoms with Crippen molar-refractivity contribution in [1.29, 1.82) is 0 Å². The highest BCUT2D eigenvalue weighted by Crippen LogP contribution is 2.30. The molecule has 0 unspecified atom stereocenters. The van der Waals surface area contributed by atoms with Crippen molar-refractivity contribution in [2.75, 3.05) is 13.6 Å². The number of benzene rings is 1. The van der Waals surface area contributed by atoms with Gasteiger partial charge in [0.2, 0.25) is 0 Å². The Morgan fingerprint density at radius 1 is 1.22 bits per heavy atom. The Bertz CT molecular complexity index is 932. The molecule has 3 heterocycles. The van der Waals surface area contributed by atoms with E-state index < -0.39 is 0 Å². The van der Waals surface area contributed by atoms with E-state index in [1.165, 1.54) is 17.3 Å². The van der Waals surface area contributed by atoms with Crippen LogP contribution in [0.25, 0.3) is 10.9 Å². The molecule has 1 aromatic carbocycles. The molecule has 23 heavy (non-hydrogen) atoms. The fraction of sp³-hybridized carbons (Fsp3) is 0.211. The first-order valence-electron chi connectivity index (χ1n) is 7.66. The first kappa shape index (κ1) is 14.0. The number of hydrogen-bond acceptors (Lipinski definition) is 2. The van der Waals surface area contributed by atoms with E-state index in [1.54, 1.807) is 12.3 Å². The van der Waals surface area contributed by atoms with Gasteiger partial charge in [-0.2, -0.15) is 0 Å². The molecule has 0 bridgehead atoms. The van der Waals surface area contributed by atoms with Gasteiger partial charge in [-0.3, -0.25) is 4.57 Å². The van der Waals surface area contributed by atoms with Crippen molar-refractivity contribution in [1.82, 2.24) is 14.5 Å². The zero-order chi connectivity index (χ0) is 15.8. The molecule has 3 aromatic rings. The van der Waals surface area contributed by atoms with E-state index in [-0.39, 0.29) is 5.82 Å². The van der Waals surface area contributed by atoms with E-state index in [4.69, 9.17) is 0 Å². The summed E-state index contributed by atoms with van der Waals surface area (Å²) in [5.74, 6) is 2.90. The summed E-state index contributed by atoms with van der Waals surface area (Å²) in [7, 11) is 2.09. The fourth-order valence-electron chi connectivity index (χ4n) is 3.14. The van der Waals surface area contributed by atoms with Gasteiger partial charge in [0.15, 0.2) is 0 Å². The van der Waals surface area contributed by atoms with Crippen LogP contribution in [0.4, 0.5) is 4.39 Å². The molecular formula is C19H16FN3. The van der Waals surface area contributed by atoms with E-state index >= 15 is 0 Å². The van der Waals surface area contributed by atoms with Gasteiger partial charge in [-0.1, -0.05) is 6.07 Å². The van der Waals surface area contributed by atoms with Gasteiger partial charge in [-0.25, -0.2) is 9.37 Å². The quantitative estimate of drug-likeness (QED) is 0.595. The van der Waals surface area contributed by atoms with Gasteiger partial charge in [0.05, 0.1) is 5.52 Å². The molecule has 4 rings (SSSR count). The average Bonchev–Trinajstić information content (AvgIpc) is 2.86. The summed E-state index contributed by atoms with van der Waals surface area (Å²) < 4.78 is 15.7. The normalized spacial score (nSPS) is 14.3. The van der Waals surface area contributed by atoms with E-state index in [0.29, 0.717) is 0 Å². The third-order valence-electron chi connectivity index (χ3n) is 4.26. The van der Waals surface area contributed by atoms with Crippen molar-refractivity contribution >= 4 is 10.9 Å². The summed E-state index contributed by atoms with van der Waals surface area (Å²) in [5, 5.41) is 0.960. The van der Waals surface area contributed by atoms with E-state index in [0.717, 1.165) is 36.1 Å². The highest BCUT2D eigenvalue weighted by Gasteiger charge is 2.22. The minimum absolute atomic E-state index is 0.205. The molecule has 0 spiro atoms. The maximum Gasteiger partial charge on any atom is 0.123 e. The Hall–Kier alpha value is -2.64. The molecular weight excluding hydrogens is 289 g/mol. The minimum Gasteiger partial charge on any atom is -0.302 e. The van der Waals surface area contributed by atoms with Crippen LogP contribution in [0, 0.1) is 17.8 Å². The van der Waals surface area contributed by atoms with Crippen LogP contribution in [0.1, 0.15) is 17.0 Å². The highest BCUT2D eigenvalue weighted by atomic mass is 19.1. The standard InChI is InChI=1S/C19H16FN3/c1-22-10-8-19-17(13-22)16-12-14(20)5-6-18(16)23(19)11-7-15-4-2-3-9-21-15/h2-6,9,12H,8,10,13H2,1H3. The molecule has 0 aliphatic carbocycles. The SMILES string of the molecule is CN1CCc2c(c3cc(F)ccc3n2C#Cc2ccccn2)C1. The smallest absolute Gasteiger partial charge is 0.123 e. The topological polar surface area (TPSA) is 21.1 Å². The van der Waals surface area contributed by atoms with E-state index in [9.17, 15) is 4.39 Å². The molecule has 0 saturated carbocycles. The molecule has 1 aliphatic heterocycles. The van der Waals surface area contributed by atoms with Gasteiger partial charge in [0.25, 0.3) is 0 Å². The van der Waals surface area contributed by atoms with E-state index in [2.05, 4.69) is 28.9 Å². The molecule has 0 amide bonds. The second-order valence-corrected chi connectivity index (χ2v) is 5.86. The fourth-order valence-corrected chi connectivity index (χ4v) is 3.14. The largest absolute Gasteiger partial charge is 0.302 e. The van der Waals surface area contributed by atoms with Gasteiger partial charge in [-0.15, -0.1) is 0 Å². The molecule has 2 aromatic heterocycles. The third kappa shape index (κ3) is 2.49. The van der Waals surface area contributed by atoms with Crippen LogP contribution in [0.15, 0.2) is 42.6 Å². The zero-order valence-corrected chi connectivity index (χ0v) is 12.9. The molecule has 0 fully saturated rings. The third-order valence-corrected chi connectivity index (χ3v) is 4.26. The maximum absolute atomic E-state index is 13.7. The van der Waals surface area contributed by atoms with Gasteiger partial charge >= 0.3 is 0 Å². The summed E-state index contributed by atoms with van der Waals surface area (Å²) in [6, 6.07) is 13.8. The van der Waals surface area contributed by atoms with Gasteiger partial charge < -0.3 is 4.90 Å². The lowest BCUT2D eigenvalue weighted by molar-refractivity contribution is 0.311. The number of hydrogen-bond donors (Lipinski definition) is 0. The number of nitrogens with zero attached hydrogens (tertiary/aromatic N) is 3. The summed E-state index contributed by atoms with van der Waals surface area (Å²) in [5.41, 5.74) is 4.07. The maximum atomic E-state index is 13.7. The summed E-state index contributed by atoms with van der Waals surface area (Å²) in [6.07, 6.45) is 2.65. The van der Waals surface area contributed by atoms with Crippen molar-refractivity contribution < 1.29 is 4.39 Å². The number of likely N-dealkylation sites (N-methyl/N-ethyl adjacent to an activating group) is 1. The Morgan fingerprint density at radius 2 is 2.13 bits per heavy atom. The number of pyridine rings is 1. The Labute approximate surface area is 134 Å². The molecule has 3 nitrogen and oxygen atoms in total. The Balaban J connectivity index is 1.91. The second kappa shape index (κ2) is 5.53. The first-order chi connectivity index (χ1) is 11.2. The lowest BCUT2D eigenvalue weighted by Crippen LogP contribution is -2.27. The molecule has 1 aliphatic rings. The number of fused-ring (bicyclic) bond motifs is 3. The van der Waals surface area contributed by atoms with Crippen LogP contribution in [-0.2, 0) is 13.0 Å². The lowest BCUT2D eigenvalue weighted by Gasteiger charge is -2.23. The average molecular weight is 305 g/mol. The van der Waals surface area contributed by atoms with Gasteiger partial charge in [-0.05, 0) is 48.9 Å². The zero-order valence-electron chi connectivity index (χ0n) is 12.9. The first-order valence-corrected chi connectivity index (χ1v) is 7.66. The molecule has 0 radical (unpaired) electrons. The molecule has 0 N–H and O–H groups in total. The van der Waals surface area contributed by atoms with Crippen LogP contribution in [0.3, 0.4) is 0 Å². The van der Waals surface area contributed by atoms with E-state index in [1.807, 2.05) is 28.8 Å². The lowest BCUT2D eigenvalue weighted by atomic mass is 10.1. The Kier molecular flexibility index (Phi) is 3.36. The summed E-state index contributed by atoms with van der Waals surface area (Å²) in [6.45, 7) is 1.81. The molecule has 4 heteroatoms. The minimum atomic E-state index is -0.205. The molecule has 0 atom stereocenters. The van der Waals surface area contributed by atoms with Crippen molar-refractivity contribution in [3.63, 3.8) is 0 Å². The van der Waals surface area contributed by atoms with Crippen LogP contribution in [0.2, 0.25) is 0 Å². The van der Waals surface area contributed by atoms with Gasteiger partial charge in [0.1, 0.15) is 11.5 Å². The van der Waals surface area contributed by atoms with Crippen LogP contribution >= 0.6 is 0 Å². The number of halogens is 1. The number of rotatable bonds is 0. The van der Waals surface area contributed by atoms with Crippen molar-refractivity contribution in [2.45, 2.75) is 13.0 Å². The molecule has 0 saturated heterocycles. The van der Waals surface area contributed by atoms with Crippen LogP contribution in [0.5, 0.6) is 0 Å². The monoisotopic (exact) mass is 305 g/mol. The molecule has 114 valence electrons. The van der Waals surface area contributed by atoms with Crippen molar-refractivity contribution in [2.24, 2.45) is 0 Å². The van der Waals surface area contributed by atoms with Crippen LogP contribution in [-0.4, -0.2) is 28.0 Å². The Morgan fingerprint density at radius 3 is 2.96 bits per heavy atom. The number of aromatic nitrogens is 2. The van der Waals surface area contributed by atoms with Crippen molar-refractivity contribution in [3.05, 3.63) is 65.4 Å². The van der Waals surface area contributed by atoms with Crippen LogP contribution < -0.4 is 0 Å². The predicted octanol–water partition coefficient (Wildman–Crippen LogP) is 3.02. The van der Waals surface area contributed by atoms with Crippen molar-refractivity contribution in [3.8, 4) is 12.0 Å². The summed E-state index contributed by atoms with van der Waals surface area (Å²) >= 11 is 0. The second-order valence-electron chi connectivity index (χ2n) is 5.86. The van der Waals surface area contributed by atoms with Gasteiger partial charge in [0, 0.05) is 42.8 Å². The highest BCUT2D eigenvalue weighted by molar-refractivity contribution is 5.87. The summed E-state index contributed by atoms with van der Waals surface area (Å²) in [4.78, 5) is 6.49. The predicted molar refractivity (Wildman–Crippen MR) is 88.4 cm³/mol.